The number of alkyl halides is 3. The quantitative estimate of drug-likeness (QED) is 0.806. The van der Waals surface area contributed by atoms with Crippen molar-refractivity contribution in [3.8, 4) is 0 Å². The van der Waals surface area contributed by atoms with Crippen molar-refractivity contribution in [1.82, 2.24) is 0 Å². The molecule has 1 aliphatic rings. The lowest BCUT2D eigenvalue weighted by molar-refractivity contribution is -0.138. The number of halogens is 3. The van der Waals surface area contributed by atoms with Crippen molar-refractivity contribution in [3.63, 3.8) is 0 Å². The molecule has 1 fully saturated rings. The summed E-state index contributed by atoms with van der Waals surface area (Å²) < 4.78 is 58.1. The van der Waals surface area contributed by atoms with Gasteiger partial charge in [0.1, 0.15) is 5.75 Å². The van der Waals surface area contributed by atoms with Crippen molar-refractivity contribution in [2.24, 2.45) is 5.41 Å². The Morgan fingerprint density at radius 3 is 2.12 bits per heavy atom. The van der Waals surface area contributed by atoms with Crippen molar-refractivity contribution >= 4 is 15.8 Å². The van der Waals surface area contributed by atoms with Gasteiger partial charge in [0.15, 0.2) is 9.84 Å². The summed E-state index contributed by atoms with van der Waals surface area (Å²) >= 11 is 0. The molecular weight excluding hydrogens is 249 g/mol. The topological polar surface area (TPSA) is 71.4 Å². The Morgan fingerprint density at radius 2 is 1.81 bits per heavy atom. The van der Waals surface area contributed by atoms with E-state index >= 15 is 0 Å². The minimum atomic E-state index is -4.77. The van der Waals surface area contributed by atoms with E-state index in [1.807, 2.05) is 0 Å². The molecule has 1 rings (SSSR count). The SMILES string of the molecule is O=C(O)CC1(CS(=O)(=O)CC(F)(F)F)CC1. The van der Waals surface area contributed by atoms with E-state index in [0.29, 0.717) is 12.8 Å². The first-order valence-corrected chi connectivity index (χ1v) is 6.35. The fourth-order valence-corrected chi connectivity index (χ4v) is 3.56. The van der Waals surface area contributed by atoms with Gasteiger partial charge >= 0.3 is 12.1 Å². The summed E-state index contributed by atoms with van der Waals surface area (Å²) in [7, 11) is -4.27. The molecule has 0 unspecified atom stereocenters. The van der Waals surface area contributed by atoms with E-state index in [-0.39, 0.29) is 6.42 Å². The number of carboxylic acid groups (broad SMARTS) is 1. The minimum absolute atomic E-state index is 0.358. The first-order valence-electron chi connectivity index (χ1n) is 4.53. The molecule has 0 spiro atoms. The Morgan fingerprint density at radius 1 is 1.31 bits per heavy atom. The van der Waals surface area contributed by atoms with Crippen LogP contribution >= 0.6 is 0 Å². The van der Waals surface area contributed by atoms with Gasteiger partial charge in [-0.05, 0) is 18.3 Å². The van der Waals surface area contributed by atoms with Crippen molar-refractivity contribution in [3.05, 3.63) is 0 Å². The molecule has 1 saturated carbocycles. The molecule has 0 aromatic rings. The highest BCUT2D eigenvalue weighted by atomic mass is 32.2. The minimum Gasteiger partial charge on any atom is -0.481 e. The summed E-state index contributed by atoms with van der Waals surface area (Å²) in [5, 5.41) is 8.50. The van der Waals surface area contributed by atoms with Gasteiger partial charge in [-0.1, -0.05) is 0 Å². The standard InChI is InChI=1S/C8H11F3O4S/c9-8(10,11)5-16(14,15)4-7(1-2-7)3-6(12)13/h1-5H2,(H,12,13). The van der Waals surface area contributed by atoms with Crippen LogP contribution in [0.3, 0.4) is 0 Å². The lowest BCUT2D eigenvalue weighted by Crippen LogP contribution is -2.29. The molecule has 0 saturated heterocycles. The van der Waals surface area contributed by atoms with Crippen LogP contribution in [0, 0.1) is 5.41 Å². The lowest BCUT2D eigenvalue weighted by atomic mass is 10.1. The third-order valence-electron chi connectivity index (χ3n) is 2.39. The Kier molecular flexibility index (Phi) is 3.24. The molecule has 0 bridgehead atoms. The zero-order valence-electron chi connectivity index (χ0n) is 8.25. The van der Waals surface area contributed by atoms with Crippen molar-refractivity contribution < 1.29 is 31.5 Å². The van der Waals surface area contributed by atoms with Crippen LogP contribution < -0.4 is 0 Å². The first-order chi connectivity index (χ1) is 7.04. The van der Waals surface area contributed by atoms with Crippen LogP contribution in [0.5, 0.6) is 0 Å². The van der Waals surface area contributed by atoms with Crippen molar-refractivity contribution in [1.29, 1.82) is 0 Å². The van der Waals surface area contributed by atoms with Gasteiger partial charge in [-0.2, -0.15) is 13.2 Å². The maximum Gasteiger partial charge on any atom is 0.402 e. The molecule has 16 heavy (non-hydrogen) atoms. The van der Waals surface area contributed by atoms with E-state index in [9.17, 15) is 26.4 Å². The average Bonchev–Trinajstić information content (AvgIpc) is 2.58. The first kappa shape index (κ1) is 13.3. The molecule has 0 amide bonds. The summed E-state index contributed by atoms with van der Waals surface area (Å²) in [6.45, 7) is 0. The molecule has 0 atom stereocenters. The van der Waals surface area contributed by atoms with Crippen molar-refractivity contribution in [2.45, 2.75) is 25.4 Å². The van der Waals surface area contributed by atoms with Crippen molar-refractivity contribution in [2.75, 3.05) is 11.5 Å². The van der Waals surface area contributed by atoms with Crippen LogP contribution in [0.2, 0.25) is 0 Å². The van der Waals surface area contributed by atoms with Gasteiger partial charge in [-0.25, -0.2) is 8.42 Å². The predicted molar refractivity (Wildman–Crippen MR) is 48.6 cm³/mol. The molecule has 8 heteroatoms. The third kappa shape index (κ3) is 4.38. The molecule has 0 heterocycles. The fourth-order valence-electron chi connectivity index (χ4n) is 1.64. The van der Waals surface area contributed by atoms with E-state index in [0.717, 1.165) is 0 Å². The van der Waals surface area contributed by atoms with E-state index in [1.54, 1.807) is 0 Å². The van der Waals surface area contributed by atoms with Gasteiger partial charge in [0, 0.05) is 0 Å². The molecule has 4 nitrogen and oxygen atoms in total. The summed E-state index contributed by atoms with van der Waals surface area (Å²) in [5.74, 6) is -3.74. The molecule has 0 aliphatic heterocycles. The van der Waals surface area contributed by atoms with E-state index in [4.69, 9.17) is 5.11 Å². The smallest absolute Gasteiger partial charge is 0.402 e. The van der Waals surface area contributed by atoms with Crippen LogP contribution in [-0.2, 0) is 14.6 Å². The number of carbonyl (C=O) groups is 1. The highest BCUT2D eigenvalue weighted by Gasteiger charge is 2.49. The third-order valence-corrected chi connectivity index (χ3v) is 4.21. The lowest BCUT2D eigenvalue weighted by Gasteiger charge is -2.13. The number of sulfone groups is 1. The molecule has 0 aromatic carbocycles. The van der Waals surface area contributed by atoms with Gasteiger partial charge in [-0.3, -0.25) is 4.79 Å². The zero-order chi connectivity index (χ0) is 12.6. The Bertz CT molecular complexity index is 381. The fraction of sp³-hybridized carbons (Fsp3) is 0.875. The number of hydrogen-bond donors (Lipinski definition) is 1. The maximum absolute atomic E-state index is 11.9. The van der Waals surface area contributed by atoms with E-state index in [1.165, 1.54) is 0 Å². The van der Waals surface area contributed by atoms with Crippen LogP contribution in [0.4, 0.5) is 13.2 Å². The summed E-state index contributed by atoms with van der Waals surface area (Å²) in [4.78, 5) is 10.4. The van der Waals surface area contributed by atoms with Gasteiger partial charge < -0.3 is 5.11 Å². The zero-order valence-corrected chi connectivity index (χ0v) is 9.07. The van der Waals surface area contributed by atoms with Gasteiger partial charge in [0.05, 0.1) is 12.2 Å². The second-order valence-electron chi connectivity index (χ2n) is 4.22. The monoisotopic (exact) mass is 260 g/mol. The Balaban J connectivity index is 2.63. The Hall–Kier alpha value is -0.790. The van der Waals surface area contributed by atoms with Crippen LogP contribution in [0.15, 0.2) is 0 Å². The summed E-state index contributed by atoms with van der Waals surface area (Å²) in [6.07, 6.45) is -4.44. The molecular formula is C8H11F3O4S. The van der Waals surface area contributed by atoms with E-state index in [2.05, 4.69) is 0 Å². The van der Waals surface area contributed by atoms with Gasteiger partial charge in [-0.15, -0.1) is 0 Å². The number of aliphatic carboxylic acids is 1. The van der Waals surface area contributed by atoms with Crippen LogP contribution in [0.1, 0.15) is 19.3 Å². The van der Waals surface area contributed by atoms with E-state index < -0.39 is 38.9 Å². The highest BCUT2D eigenvalue weighted by molar-refractivity contribution is 7.91. The molecule has 94 valence electrons. The highest BCUT2D eigenvalue weighted by Crippen LogP contribution is 2.50. The van der Waals surface area contributed by atoms with Crippen LogP contribution in [0.25, 0.3) is 0 Å². The average molecular weight is 260 g/mol. The normalized spacial score (nSPS) is 19.4. The number of rotatable bonds is 5. The summed E-state index contributed by atoms with van der Waals surface area (Å²) in [6, 6.07) is 0. The second-order valence-corrected chi connectivity index (χ2v) is 6.28. The maximum atomic E-state index is 11.9. The summed E-state index contributed by atoms with van der Waals surface area (Å²) in [5.41, 5.74) is -0.962. The number of hydrogen-bond acceptors (Lipinski definition) is 3. The second kappa shape index (κ2) is 3.90. The van der Waals surface area contributed by atoms with Crippen LogP contribution in [-0.4, -0.2) is 37.2 Å². The largest absolute Gasteiger partial charge is 0.481 e. The molecule has 1 N–H and O–H groups in total. The molecule has 1 aliphatic carbocycles. The predicted octanol–water partition coefficient (Wildman–Crippen LogP) is 1.22. The number of carboxylic acids is 1. The van der Waals surface area contributed by atoms with Gasteiger partial charge in [0.25, 0.3) is 0 Å². The molecule has 0 aromatic heterocycles. The Labute approximate surface area is 90.4 Å². The van der Waals surface area contributed by atoms with Gasteiger partial charge in [0.2, 0.25) is 0 Å². The molecule has 0 radical (unpaired) electrons.